The van der Waals surface area contributed by atoms with Crippen LogP contribution in [-0.2, 0) is 0 Å². The minimum atomic E-state index is 0.155. The van der Waals surface area contributed by atoms with Gasteiger partial charge in [-0.3, -0.25) is 0 Å². The second-order valence-electron chi connectivity index (χ2n) is 6.65. The largest absolute Gasteiger partial charge is 0.395 e. The Morgan fingerprint density at radius 3 is 2.47 bits per heavy atom. The third-order valence-electron chi connectivity index (χ3n) is 3.72. The fourth-order valence-electron chi connectivity index (χ4n) is 2.84. The zero-order valence-electron chi connectivity index (χ0n) is 12.5. The van der Waals surface area contributed by atoms with Crippen molar-refractivity contribution in [3.8, 4) is 0 Å². The van der Waals surface area contributed by atoms with E-state index in [0.29, 0.717) is 0 Å². The van der Waals surface area contributed by atoms with Crippen molar-refractivity contribution in [2.75, 3.05) is 31.1 Å². The summed E-state index contributed by atoms with van der Waals surface area (Å²) in [5.74, 6) is 0. The van der Waals surface area contributed by atoms with Crippen molar-refractivity contribution in [1.82, 2.24) is 5.32 Å². The Morgan fingerprint density at radius 1 is 1.26 bits per heavy atom. The molecule has 0 spiro atoms. The third-order valence-corrected chi connectivity index (χ3v) is 3.72. The first-order valence-corrected chi connectivity index (χ1v) is 7.07. The number of aryl methyl sites for hydroxylation is 2. The molecule has 3 heteroatoms. The maximum Gasteiger partial charge on any atom is 0.0601 e. The van der Waals surface area contributed by atoms with E-state index in [0.717, 1.165) is 19.6 Å². The molecule has 0 aliphatic carbocycles. The van der Waals surface area contributed by atoms with Crippen molar-refractivity contribution < 1.29 is 5.11 Å². The standard InChI is InChI=1S/C16H26N2O/c1-12-5-13(2)7-15(6-12)18-8-14(9-19)17-10-16(3,4)11-18/h5-7,14,17,19H,8-11H2,1-4H3. The lowest BCUT2D eigenvalue weighted by molar-refractivity contribution is 0.242. The van der Waals surface area contributed by atoms with E-state index >= 15 is 0 Å². The van der Waals surface area contributed by atoms with Crippen LogP contribution in [0.4, 0.5) is 5.69 Å². The lowest BCUT2D eigenvalue weighted by atomic mass is 9.93. The molecule has 2 N–H and O–H groups in total. The fraction of sp³-hybridized carbons (Fsp3) is 0.625. The van der Waals surface area contributed by atoms with Crippen molar-refractivity contribution in [3.05, 3.63) is 29.3 Å². The van der Waals surface area contributed by atoms with Crippen LogP contribution in [0.5, 0.6) is 0 Å². The molecule has 1 unspecified atom stereocenters. The number of hydrogen-bond donors (Lipinski definition) is 2. The van der Waals surface area contributed by atoms with Gasteiger partial charge in [-0.1, -0.05) is 19.9 Å². The molecule has 1 heterocycles. The van der Waals surface area contributed by atoms with Gasteiger partial charge in [-0.05, 0) is 42.5 Å². The Labute approximate surface area is 116 Å². The number of aliphatic hydroxyl groups is 1. The number of nitrogens with zero attached hydrogens (tertiary/aromatic N) is 1. The van der Waals surface area contributed by atoms with Gasteiger partial charge in [0.1, 0.15) is 0 Å². The highest BCUT2D eigenvalue weighted by molar-refractivity contribution is 5.51. The third kappa shape index (κ3) is 3.71. The summed E-state index contributed by atoms with van der Waals surface area (Å²) >= 11 is 0. The van der Waals surface area contributed by atoms with Gasteiger partial charge in [0.05, 0.1) is 6.61 Å². The summed E-state index contributed by atoms with van der Waals surface area (Å²) in [5.41, 5.74) is 4.07. The predicted molar refractivity (Wildman–Crippen MR) is 80.8 cm³/mol. The highest BCUT2D eigenvalue weighted by Crippen LogP contribution is 2.26. The van der Waals surface area contributed by atoms with Crippen LogP contribution in [0.2, 0.25) is 0 Å². The normalized spacial score (nSPS) is 23.2. The van der Waals surface area contributed by atoms with Crippen LogP contribution in [0.1, 0.15) is 25.0 Å². The highest BCUT2D eigenvalue weighted by Gasteiger charge is 2.28. The van der Waals surface area contributed by atoms with E-state index in [1.807, 2.05) is 0 Å². The van der Waals surface area contributed by atoms with Crippen LogP contribution in [0, 0.1) is 19.3 Å². The molecule has 0 bridgehead atoms. The molecule has 0 saturated carbocycles. The minimum absolute atomic E-state index is 0.155. The fourth-order valence-corrected chi connectivity index (χ4v) is 2.84. The summed E-state index contributed by atoms with van der Waals surface area (Å²) in [4.78, 5) is 2.40. The average molecular weight is 262 g/mol. The van der Waals surface area contributed by atoms with Crippen molar-refractivity contribution in [2.45, 2.75) is 33.7 Å². The molecule has 106 valence electrons. The van der Waals surface area contributed by atoms with Crippen molar-refractivity contribution in [2.24, 2.45) is 5.41 Å². The molecule has 2 rings (SSSR count). The van der Waals surface area contributed by atoms with Crippen molar-refractivity contribution >= 4 is 5.69 Å². The molecule has 0 amide bonds. The summed E-state index contributed by atoms with van der Waals surface area (Å²) < 4.78 is 0. The van der Waals surface area contributed by atoms with Gasteiger partial charge in [0, 0.05) is 31.4 Å². The van der Waals surface area contributed by atoms with Crippen LogP contribution < -0.4 is 10.2 Å². The first-order valence-electron chi connectivity index (χ1n) is 7.07. The van der Waals surface area contributed by atoms with Crippen molar-refractivity contribution in [3.63, 3.8) is 0 Å². The van der Waals surface area contributed by atoms with Crippen LogP contribution in [0.15, 0.2) is 18.2 Å². The van der Waals surface area contributed by atoms with Gasteiger partial charge in [0.25, 0.3) is 0 Å². The number of nitrogens with one attached hydrogen (secondary N) is 1. The van der Waals surface area contributed by atoms with E-state index in [9.17, 15) is 5.11 Å². The summed E-state index contributed by atoms with van der Waals surface area (Å²) in [5, 5.41) is 12.9. The minimum Gasteiger partial charge on any atom is -0.395 e. The quantitative estimate of drug-likeness (QED) is 0.857. The van der Waals surface area contributed by atoms with E-state index in [-0.39, 0.29) is 18.1 Å². The van der Waals surface area contributed by atoms with Crippen LogP contribution >= 0.6 is 0 Å². The highest BCUT2D eigenvalue weighted by atomic mass is 16.3. The van der Waals surface area contributed by atoms with Gasteiger partial charge in [-0.2, -0.15) is 0 Å². The van der Waals surface area contributed by atoms with E-state index in [1.54, 1.807) is 0 Å². The van der Waals surface area contributed by atoms with Gasteiger partial charge in [-0.15, -0.1) is 0 Å². The van der Waals surface area contributed by atoms with Crippen LogP contribution in [-0.4, -0.2) is 37.4 Å². The molecule has 19 heavy (non-hydrogen) atoms. The van der Waals surface area contributed by atoms with Gasteiger partial charge in [-0.25, -0.2) is 0 Å². The number of benzene rings is 1. The molecule has 0 aromatic heterocycles. The van der Waals surface area contributed by atoms with E-state index < -0.39 is 0 Å². The molecule has 0 radical (unpaired) electrons. The summed E-state index contributed by atoms with van der Waals surface area (Å²) in [6.07, 6.45) is 0. The lowest BCUT2D eigenvalue weighted by Crippen LogP contribution is -2.40. The maximum atomic E-state index is 9.47. The Morgan fingerprint density at radius 2 is 1.89 bits per heavy atom. The summed E-state index contributed by atoms with van der Waals surface area (Å²) in [6.45, 7) is 11.8. The maximum absolute atomic E-state index is 9.47. The number of aliphatic hydroxyl groups excluding tert-OH is 1. The molecule has 1 saturated heterocycles. The molecular weight excluding hydrogens is 236 g/mol. The first kappa shape index (κ1) is 14.4. The average Bonchev–Trinajstić information content (AvgIpc) is 2.46. The topological polar surface area (TPSA) is 35.5 Å². The molecule has 1 aromatic carbocycles. The summed E-state index contributed by atoms with van der Waals surface area (Å²) in [7, 11) is 0. The molecule has 1 aromatic rings. The monoisotopic (exact) mass is 262 g/mol. The van der Waals surface area contributed by atoms with Gasteiger partial charge >= 0.3 is 0 Å². The van der Waals surface area contributed by atoms with E-state index in [4.69, 9.17) is 0 Å². The molecule has 1 aliphatic heterocycles. The molecular formula is C16H26N2O. The van der Waals surface area contributed by atoms with Gasteiger partial charge in [0.2, 0.25) is 0 Å². The van der Waals surface area contributed by atoms with Gasteiger partial charge < -0.3 is 15.3 Å². The summed E-state index contributed by atoms with van der Waals surface area (Å²) in [6, 6.07) is 6.84. The van der Waals surface area contributed by atoms with Crippen molar-refractivity contribution in [1.29, 1.82) is 0 Å². The Bertz CT molecular complexity index is 422. The Balaban J connectivity index is 2.29. The zero-order chi connectivity index (χ0) is 14.0. The molecule has 1 aliphatic rings. The SMILES string of the molecule is Cc1cc(C)cc(N2CC(CO)NCC(C)(C)C2)c1. The Kier molecular flexibility index (Phi) is 4.16. The first-order chi connectivity index (χ1) is 8.89. The van der Waals surface area contributed by atoms with E-state index in [2.05, 4.69) is 56.1 Å². The molecule has 1 atom stereocenters. The molecule has 3 nitrogen and oxygen atoms in total. The number of hydrogen-bond acceptors (Lipinski definition) is 3. The van der Waals surface area contributed by atoms with Crippen LogP contribution in [0.25, 0.3) is 0 Å². The van der Waals surface area contributed by atoms with Crippen LogP contribution in [0.3, 0.4) is 0 Å². The van der Waals surface area contributed by atoms with Gasteiger partial charge in [0.15, 0.2) is 0 Å². The Hall–Kier alpha value is -1.06. The second-order valence-corrected chi connectivity index (χ2v) is 6.65. The van der Waals surface area contributed by atoms with E-state index in [1.165, 1.54) is 16.8 Å². The smallest absolute Gasteiger partial charge is 0.0601 e. The zero-order valence-corrected chi connectivity index (χ0v) is 12.5. The molecule has 1 fully saturated rings. The predicted octanol–water partition coefficient (Wildman–Crippen LogP) is 2.10. The lowest BCUT2D eigenvalue weighted by Gasteiger charge is -2.31. The number of rotatable bonds is 2. The second kappa shape index (κ2) is 5.51. The number of anilines is 1.